The summed E-state index contributed by atoms with van der Waals surface area (Å²) >= 11 is 0. The maximum atomic E-state index is 13.4. The summed E-state index contributed by atoms with van der Waals surface area (Å²) in [5, 5.41) is 9.29. The SMILES string of the molecule is O=C(CCN1C[C@@H](F)C[C@H]1CO)N1CCN(c2ccccn2)CC1. The number of pyridine rings is 1. The third-order valence-electron chi connectivity index (χ3n) is 4.91. The number of halogens is 1. The molecule has 3 rings (SSSR count). The second kappa shape index (κ2) is 7.90. The number of nitrogens with zero attached hydrogens (tertiary/aromatic N) is 4. The monoisotopic (exact) mass is 336 g/mol. The summed E-state index contributed by atoms with van der Waals surface area (Å²) in [6.45, 7) is 3.72. The summed E-state index contributed by atoms with van der Waals surface area (Å²) in [5.41, 5.74) is 0. The van der Waals surface area contributed by atoms with Crippen LogP contribution in [-0.4, -0.2) is 83.9 Å². The van der Waals surface area contributed by atoms with Crippen LogP contribution in [0.15, 0.2) is 24.4 Å². The second-order valence-electron chi connectivity index (χ2n) is 6.47. The molecule has 2 saturated heterocycles. The maximum absolute atomic E-state index is 13.4. The average Bonchev–Trinajstić information content (AvgIpc) is 3.00. The summed E-state index contributed by atoms with van der Waals surface area (Å²) in [7, 11) is 0. The standard InChI is InChI=1S/C17H25FN4O2/c18-14-11-15(13-23)22(12-14)6-4-17(24)21-9-7-20(8-10-21)16-3-1-2-5-19-16/h1-3,5,14-15,23H,4,6-13H2/t14-,15-/m0/s1. The Labute approximate surface area is 141 Å². The van der Waals surface area contributed by atoms with Crippen molar-refractivity contribution >= 4 is 11.7 Å². The van der Waals surface area contributed by atoms with Gasteiger partial charge in [0.15, 0.2) is 0 Å². The van der Waals surface area contributed by atoms with Crippen LogP contribution in [0.5, 0.6) is 0 Å². The van der Waals surface area contributed by atoms with Crippen LogP contribution in [0.3, 0.4) is 0 Å². The van der Waals surface area contributed by atoms with Crippen molar-refractivity contribution in [3.63, 3.8) is 0 Å². The quantitative estimate of drug-likeness (QED) is 0.850. The van der Waals surface area contributed by atoms with E-state index in [2.05, 4.69) is 9.88 Å². The fourth-order valence-corrected chi connectivity index (χ4v) is 3.51. The molecule has 2 fully saturated rings. The van der Waals surface area contributed by atoms with Crippen LogP contribution < -0.4 is 4.90 Å². The minimum Gasteiger partial charge on any atom is -0.395 e. The van der Waals surface area contributed by atoms with Gasteiger partial charge in [-0.1, -0.05) is 6.07 Å². The zero-order valence-electron chi connectivity index (χ0n) is 13.9. The highest BCUT2D eigenvalue weighted by Crippen LogP contribution is 2.20. The first kappa shape index (κ1) is 17.1. The number of alkyl halides is 1. The number of piperazine rings is 1. The Kier molecular flexibility index (Phi) is 5.63. The number of carbonyl (C=O) groups excluding carboxylic acids is 1. The molecule has 3 heterocycles. The lowest BCUT2D eigenvalue weighted by Gasteiger charge is -2.35. The smallest absolute Gasteiger partial charge is 0.223 e. The number of aliphatic hydroxyl groups is 1. The molecule has 132 valence electrons. The van der Waals surface area contributed by atoms with Crippen LogP contribution in [0.4, 0.5) is 10.2 Å². The van der Waals surface area contributed by atoms with E-state index in [1.54, 1.807) is 6.20 Å². The van der Waals surface area contributed by atoms with Gasteiger partial charge in [0, 0.05) is 57.9 Å². The predicted molar refractivity (Wildman–Crippen MR) is 89.6 cm³/mol. The number of hydrogen-bond donors (Lipinski definition) is 1. The molecular formula is C17H25FN4O2. The van der Waals surface area contributed by atoms with Gasteiger partial charge in [-0.25, -0.2) is 9.37 Å². The van der Waals surface area contributed by atoms with Gasteiger partial charge in [-0.3, -0.25) is 9.69 Å². The van der Waals surface area contributed by atoms with E-state index < -0.39 is 6.17 Å². The molecule has 0 saturated carbocycles. The molecule has 2 atom stereocenters. The number of carbonyl (C=O) groups is 1. The predicted octanol–water partition coefficient (Wildman–Crippen LogP) is 0.525. The van der Waals surface area contributed by atoms with Crippen molar-refractivity contribution < 1.29 is 14.3 Å². The Morgan fingerprint density at radius 2 is 2.08 bits per heavy atom. The van der Waals surface area contributed by atoms with E-state index >= 15 is 0 Å². The second-order valence-corrected chi connectivity index (χ2v) is 6.47. The largest absolute Gasteiger partial charge is 0.395 e. The van der Waals surface area contributed by atoms with Gasteiger partial charge in [-0.15, -0.1) is 0 Å². The first-order valence-electron chi connectivity index (χ1n) is 8.60. The summed E-state index contributed by atoms with van der Waals surface area (Å²) in [5.74, 6) is 1.05. The minimum absolute atomic E-state index is 0.0443. The van der Waals surface area contributed by atoms with Crippen molar-refractivity contribution in [1.29, 1.82) is 0 Å². The lowest BCUT2D eigenvalue weighted by molar-refractivity contribution is -0.131. The van der Waals surface area contributed by atoms with Gasteiger partial charge in [0.1, 0.15) is 12.0 Å². The van der Waals surface area contributed by atoms with E-state index in [0.29, 0.717) is 39.0 Å². The molecule has 2 aliphatic heterocycles. The summed E-state index contributed by atoms with van der Waals surface area (Å²) in [4.78, 5) is 22.7. The van der Waals surface area contributed by atoms with Gasteiger partial charge in [-0.2, -0.15) is 0 Å². The first-order chi connectivity index (χ1) is 11.7. The number of aromatic nitrogens is 1. The van der Waals surface area contributed by atoms with E-state index in [0.717, 1.165) is 18.9 Å². The average molecular weight is 336 g/mol. The molecule has 0 radical (unpaired) electrons. The van der Waals surface area contributed by atoms with Crippen LogP contribution in [0.25, 0.3) is 0 Å². The molecule has 6 nitrogen and oxygen atoms in total. The molecule has 1 aromatic rings. The molecule has 0 aliphatic carbocycles. The molecule has 1 amide bonds. The van der Waals surface area contributed by atoms with Gasteiger partial charge < -0.3 is 14.9 Å². The highest BCUT2D eigenvalue weighted by atomic mass is 19.1. The normalized spacial score (nSPS) is 25.2. The van der Waals surface area contributed by atoms with Crippen molar-refractivity contribution in [1.82, 2.24) is 14.8 Å². The lowest BCUT2D eigenvalue weighted by atomic mass is 10.2. The summed E-state index contributed by atoms with van der Waals surface area (Å²) < 4.78 is 13.4. The van der Waals surface area contributed by atoms with E-state index in [1.165, 1.54) is 0 Å². The molecule has 0 unspecified atom stereocenters. The van der Waals surface area contributed by atoms with Crippen LogP contribution in [0, 0.1) is 0 Å². The molecule has 24 heavy (non-hydrogen) atoms. The zero-order valence-corrected chi connectivity index (χ0v) is 13.9. The van der Waals surface area contributed by atoms with Gasteiger partial charge in [0.2, 0.25) is 5.91 Å². The molecule has 1 aromatic heterocycles. The van der Waals surface area contributed by atoms with Gasteiger partial charge in [0.25, 0.3) is 0 Å². The van der Waals surface area contributed by atoms with Crippen LogP contribution in [-0.2, 0) is 4.79 Å². The Balaban J connectivity index is 1.44. The Bertz CT molecular complexity index is 537. The molecule has 7 heteroatoms. The number of anilines is 1. The van der Waals surface area contributed by atoms with Crippen LogP contribution in [0.2, 0.25) is 0 Å². The minimum atomic E-state index is -0.890. The van der Waals surface area contributed by atoms with Crippen molar-refractivity contribution in [3.05, 3.63) is 24.4 Å². The molecule has 1 N–H and O–H groups in total. The number of hydrogen-bond acceptors (Lipinski definition) is 5. The summed E-state index contributed by atoms with van der Waals surface area (Å²) in [6.07, 6.45) is 1.64. The Morgan fingerprint density at radius 1 is 1.29 bits per heavy atom. The van der Waals surface area contributed by atoms with Crippen LogP contribution >= 0.6 is 0 Å². The molecule has 0 spiro atoms. The van der Waals surface area contributed by atoms with Crippen molar-refractivity contribution in [2.75, 3.05) is 50.8 Å². The number of aliphatic hydroxyl groups excluding tert-OH is 1. The van der Waals surface area contributed by atoms with Gasteiger partial charge in [0.05, 0.1) is 6.61 Å². The Morgan fingerprint density at radius 3 is 2.75 bits per heavy atom. The lowest BCUT2D eigenvalue weighted by Crippen LogP contribution is -2.49. The molecule has 0 aromatic carbocycles. The van der Waals surface area contributed by atoms with E-state index in [4.69, 9.17) is 0 Å². The fourth-order valence-electron chi connectivity index (χ4n) is 3.51. The number of likely N-dealkylation sites (tertiary alicyclic amines) is 1. The summed E-state index contributed by atoms with van der Waals surface area (Å²) in [6, 6.07) is 5.69. The third-order valence-corrected chi connectivity index (χ3v) is 4.91. The van der Waals surface area contributed by atoms with Gasteiger partial charge >= 0.3 is 0 Å². The molecule has 2 aliphatic rings. The van der Waals surface area contributed by atoms with Crippen LogP contribution in [0.1, 0.15) is 12.8 Å². The van der Waals surface area contributed by atoms with E-state index in [1.807, 2.05) is 28.0 Å². The third kappa shape index (κ3) is 4.02. The number of amides is 1. The zero-order chi connectivity index (χ0) is 16.9. The van der Waals surface area contributed by atoms with Crippen molar-refractivity contribution in [3.8, 4) is 0 Å². The molecular weight excluding hydrogens is 311 g/mol. The fraction of sp³-hybridized carbons (Fsp3) is 0.647. The highest BCUT2D eigenvalue weighted by molar-refractivity contribution is 5.76. The Hall–Kier alpha value is -1.73. The topological polar surface area (TPSA) is 59.9 Å². The molecule has 0 bridgehead atoms. The van der Waals surface area contributed by atoms with E-state index in [-0.39, 0.29) is 18.6 Å². The van der Waals surface area contributed by atoms with Crippen molar-refractivity contribution in [2.24, 2.45) is 0 Å². The first-order valence-corrected chi connectivity index (χ1v) is 8.60. The van der Waals surface area contributed by atoms with E-state index in [9.17, 15) is 14.3 Å². The van der Waals surface area contributed by atoms with Crippen molar-refractivity contribution in [2.45, 2.75) is 25.1 Å². The van der Waals surface area contributed by atoms with Gasteiger partial charge in [-0.05, 0) is 18.6 Å². The highest BCUT2D eigenvalue weighted by Gasteiger charge is 2.32. The maximum Gasteiger partial charge on any atom is 0.223 e. The number of rotatable bonds is 5.